The molecule has 2 saturated heterocycles. The minimum absolute atomic E-state index is 0.0579. The molecule has 0 radical (unpaired) electrons. The van der Waals surface area contributed by atoms with E-state index in [1.165, 1.54) is 12.8 Å². The number of anilines is 2. The van der Waals surface area contributed by atoms with Gasteiger partial charge < -0.3 is 24.6 Å². The second-order valence-corrected chi connectivity index (χ2v) is 8.05. The van der Waals surface area contributed by atoms with Gasteiger partial charge in [-0.15, -0.1) is 0 Å². The average molecular weight is 440 g/mol. The lowest BCUT2D eigenvalue weighted by molar-refractivity contribution is -0.126. The molecule has 0 aliphatic carbocycles. The molecule has 1 aromatic carbocycles. The van der Waals surface area contributed by atoms with Gasteiger partial charge in [-0.1, -0.05) is 0 Å². The molecular formula is C23H29N5O4. The highest BCUT2D eigenvalue weighted by atomic mass is 16.5. The van der Waals surface area contributed by atoms with Crippen molar-refractivity contribution < 1.29 is 19.1 Å². The van der Waals surface area contributed by atoms with Gasteiger partial charge in [0.05, 0.1) is 19.6 Å². The maximum atomic E-state index is 12.6. The van der Waals surface area contributed by atoms with Crippen molar-refractivity contribution in [2.45, 2.75) is 26.2 Å². The number of carbonyl (C=O) groups is 2. The van der Waals surface area contributed by atoms with E-state index in [-0.39, 0.29) is 24.2 Å². The third-order valence-corrected chi connectivity index (χ3v) is 5.76. The maximum Gasteiger partial charge on any atom is 0.227 e. The zero-order valence-electron chi connectivity index (χ0n) is 18.5. The van der Waals surface area contributed by atoms with Crippen LogP contribution in [0.5, 0.6) is 11.6 Å². The molecule has 2 aliphatic heterocycles. The molecule has 2 aromatic rings. The first-order chi connectivity index (χ1) is 15.5. The highest BCUT2D eigenvalue weighted by Gasteiger charge is 2.35. The van der Waals surface area contributed by atoms with Crippen molar-refractivity contribution >= 4 is 23.3 Å². The highest BCUT2D eigenvalue weighted by Crippen LogP contribution is 2.27. The molecule has 170 valence electrons. The predicted molar refractivity (Wildman–Crippen MR) is 120 cm³/mol. The number of nitrogens with one attached hydrogen (secondary N) is 1. The van der Waals surface area contributed by atoms with E-state index in [0.29, 0.717) is 31.4 Å². The van der Waals surface area contributed by atoms with Gasteiger partial charge in [0.1, 0.15) is 24.0 Å². The summed E-state index contributed by atoms with van der Waals surface area (Å²) in [4.78, 5) is 37.7. The highest BCUT2D eigenvalue weighted by molar-refractivity contribution is 6.00. The average Bonchev–Trinajstić information content (AvgIpc) is 3.46. The molecule has 9 heteroatoms. The van der Waals surface area contributed by atoms with Gasteiger partial charge in [0, 0.05) is 37.8 Å². The van der Waals surface area contributed by atoms with Crippen molar-refractivity contribution in [3.63, 3.8) is 0 Å². The van der Waals surface area contributed by atoms with Crippen LogP contribution in [-0.4, -0.2) is 61.7 Å². The summed E-state index contributed by atoms with van der Waals surface area (Å²) >= 11 is 0. The zero-order valence-corrected chi connectivity index (χ0v) is 18.5. The van der Waals surface area contributed by atoms with Crippen LogP contribution in [0.1, 0.15) is 25.1 Å². The lowest BCUT2D eigenvalue weighted by atomic mass is 10.1. The Hall–Kier alpha value is -3.36. The fourth-order valence-electron chi connectivity index (χ4n) is 4.08. The minimum Gasteiger partial charge on any atom is -0.497 e. The van der Waals surface area contributed by atoms with E-state index in [1.807, 2.05) is 25.1 Å². The Morgan fingerprint density at radius 1 is 1.19 bits per heavy atom. The van der Waals surface area contributed by atoms with E-state index in [1.54, 1.807) is 24.1 Å². The number of benzene rings is 1. The molecule has 1 unspecified atom stereocenters. The Kier molecular flexibility index (Phi) is 6.72. The van der Waals surface area contributed by atoms with Gasteiger partial charge in [-0.05, 0) is 44.0 Å². The zero-order chi connectivity index (χ0) is 22.5. The second kappa shape index (κ2) is 9.84. The number of nitrogens with zero attached hydrogens (tertiary/aromatic N) is 4. The normalized spacial score (nSPS) is 18.2. The third kappa shape index (κ3) is 5.09. The summed E-state index contributed by atoms with van der Waals surface area (Å²) in [6, 6.07) is 9.10. The third-order valence-electron chi connectivity index (χ3n) is 5.76. The molecule has 0 bridgehead atoms. The number of hydrogen-bond acceptors (Lipinski definition) is 7. The van der Waals surface area contributed by atoms with Crippen LogP contribution in [0.2, 0.25) is 0 Å². The number of methoxy groups -OCH3 is 1. The van der Waals surface area contributed by atoms with Crippen molar-refractivity contribution in [1.82, 2.24) is 15.3 Å². The van der Waals surface area contributed by atoms with Crippen LogP contribution < -0.4 is 24.6 Å². The first-order valence-corrected chi connectivity index (χ1v) is 11.0. The van der Waals surface area contributed by atoms with Crippen molar-refractivity contribution in [2.24, 2.45) is 5.92 Å². The smallest absolute Gasteiger partial charge is 0.227 e. The lowest BCUT2D eigenvalue weighted by Gasteiger charge is -2.18. The number of rotatable bonds is 8. The topological polar surface area (TPSA) is 96.9 Å². The Morgan fingerprint density at radius 2 is 1.94 bits per heavy atom. The summed E-state index contributed by atoms with van der Waals surface area (Å²) in [6.45, 7) is 4.85. The summed E-state index contributed by atoms with van der Waals surface area (Å²) in [7, 11) is 1.60. The van der Waals surface area contributed by atoms with E-state index in [4.69, 9.17) is 9.47 Å². The maximum absolute atomic E-state index is 12.6. The number of hydrogen-bond donors (Lipinski definition) is 1. The summed E-state index contributed by atoms with van der Waals surface area (Å²) in [5.74, 6) is 2.20. The summed E-state index contributed by atoms with van der Waals surface area (Å²) in [5, 5.41) is 2.87. The quantitative estimate of drug-likeness (QED) is 0.628. The van der Waals surface area contributed by atoms with Gasteiger partial charge in [-0.3, -0.25) is 9.59 Å². The van der Waals surface area contributed by atoms with Crippen molar-refractivity contribution in [2.75, 3.05) is 49.7 Å². The number of ether oxygens (including phenoxy) is 2. The molecule has 0 spiro atoms. The van der Waals surface area contributed by atoms with Crippen LogP contribution in [0, 0.1) is 12.8 Å². The van der Waals surface area contributed by atoms with E-state index < -0.39 is 0 Å². The summed E-state index contributed by atoms with van der Waals surface area (Å²) in [5.41, 5.74) is 0.766. The van der Waals surface area contributed by atoms with Crippen molar-refractivity contribution in [3.8, 4) is 11.6 Å². The first-order valence-electron chi connectivity index (χ1n) is 11.0. The molecule has 1 aromatic heterocycles. The Morgan fingerprint density at radius 3 is 2.66 bits per heavy atom. The van der Waals surface area contributed by atoms with Gasteiger partial charge in [-0.25, -0.2) is 4.98 Å². The number of carbonyl (C=O) groups excluding carboxylic acids is 2. The van der Waals surface area contributed by atoms with Crippen LogP contribution in [0.15, 0.2) is 30.3 Å². The van der Waals surface area contributed by atoms with Gasteiger partial charge in [-0.2, -0.15) is 4.98 Å². The van der Waals surface area contributed by atoms with E-state index in [9.17, 15) is 9.59 Å². The molecule has 9 nitrogen and oxygen atoms in total. The van der Waals surface area contributed by atoms with Crippen LogP contribution in [0.25, 0.3) is 0 Å². The van der Waals surface area contributed by atoms with Crippen LogP contribution in [0.4, 0.5) is 11.5 Å². The minimum atomic E-state index is -0.382. The first kappa shape index (κ1) is 21.9. The van der Waals surface area contributed by atoms with Crippen molar-refractivity contribution in [3.05, 3.63) is 36.2 Å². The number of aryl methyl sites for hydroxylation is 1. The van der Waals surface area contributed by atoms with Gasteiger partial charge in [0.2, 0.25) is 17.7 Å². The van der Waals surface area contributed by atoms with Crippen LogP contribution in [-0.2, 0) is 9.59 Å². The molecule has 3 heterocycles. The Balaban J connectivity index is 1.25. The second-order valence-electron chi connectivity index (χ2n) is 8.05. The Labute approximate surface area is 187 Å². The fourth-order valence-corrected chi connectivity index (χ4v) is 4.08. The number of aromatic nitrogens is 2. The fraction of sp³-hybridized carbons (Fsp3) is 0.478. The summed E-state index contributed by atoms with van der Waals surface area (Å²) in [6.07, 6.45) is 2.54. The van der Waals surface area contributed by atoms with Crippen molar-refractivity contribution in [1.29, 1.82) is 0 Å². The van der Waals surface area contributed by atoms with Gasteiger partial charge in [0.15, 0.2) is 0 Å². The lowest BCUT2D eigenvalue weighted by Crippen LogP contribution is -2.35. The largest absolute Gasteiger partial charge is 0.497 e. The summed E-state index contributed by atoms with van der Waals surface area (Å²) < 4.78 is 10.9. The standard InChI is InChI=1S/C23H29N5O4/c1-16-25-20(27-10-3-4-11-27)14-21(26-16)32-12-9-24-23(30)17-13-22(29)28(15-17)18-5-7-19(31-2)8-6-18/h5-8,14,17H,3-4,9-13,15H2,1-2H3,(H,24,30). The van der Waals surface area contributed by atoms with E-state index in [0.717, 1.165) is 30.3 Å². The van der Waals surface area contributed by atoms with Gasteiger partial charge >= 0.3 is 0 Å². The molecule has 2 fully saturated rings. The number of amides is 2. The molecule has 0 saturated carbocycles. The molecule has 1 N–H and O–H groups in total. The Bertz CT molecular complexity index is 959. The van der Waals surface area contributed by atoms with Gasteiger partial charge in [0.25, 0.3) is 0 Å². The SMILES string of the molecule is COc1ccc(N2CC(C(=O)NCCOc3cc(N4CCCC4)nc(C)n3)CC2=O)cc1. The van der Waals surface area contributed by atoms with E-state index >= 15 is 0 Å². The molecule has 2 amide bonds. The molecular weight excluding hydrogens is 410 g/mol. The predicted octanol–water partition coefficient (Wildman–Crippen LogP) is 1.94. The molecule has 2 aliphatic rings. The molecule has 32 heavy (non-hydrogen) atoms. The van der Waals surface area contributed by atoms with Crippen LogP contribution >= 0.6 is 0 Å². The monoisotopic (exact) mass is 439 g/mol. The van der Waals surface area contributed by atoms with E-state index in [2.05, 4.69) is 20.2 Å². The van der Waals surface area contributed by atoms with Crippen LogP contribution in [0.3, 0.4) is 0 Å². The molecule has 4 rings (SSSR count). The molecule has 1 atom stereocenters.